The molecular weight excluding hydrogens is 569 g/mol. The molecule has 0 heterocycles. The monoisotopic (exact) mass is 614 g/mol. The lowest BCUT2D eigenvalue weighted by molar-refractivity contribution is 0.471. The van der Waals surface area contributed by atoms with Crippen molar-refractivity contribution in [2.75, 3.05) is 0 Å². The predicted molar refractivity (Wildman–Crippen MR) is 202 cm³/mol. The zero-order chi connectivity index (χ0) is 33.6. The lowest BCUT2D eigenvalue weighted by Gasteiger charge is -2.21. The number of hydrogen-bond donors (Lipinski definition) is 1. The van der Waals surface area contributed by atoms with E-state index in [1.54, 1.807) is 6.07 Å². The maximum absolute atomic E-state index is 9.96. The van der Waals surface area contributed by atoms with E-state index in [-0.39, 0.29) is 5.41 Å². The zero-order valence-corrected chi connectivity index (χ0v) is 29.3. The van der Waals surface area contributed by atoms with Crippen LogP contribution in [0, 0.1) is 41.5 Å². The highest BCUT2D eigenvalue weighted by atomic mass is 16.3. The Morgan fingerprint density at radius 3 is 0.894 bits per heavy atom. The average Bonchev–Trinajstić information content (AvgIpc) is 3.02. The van der Waals surface area contributed by atoms with Gasteiger partial charge in [0.25, 0.3) is 0 Å². The van der Waals surface area contributed by atoms with E-state index in [4.69, 9.17) is 0 Å². The molecule has 0 aliphatic heterocycles. The molecule has 0 aliphatic carbocycles. The van der Waals surface area contributed by atoms with Gasteiger partial charge in [-0.1, -0.05) is 118 Å². The minimum Gasteiger partial charge on any atom is -0.508 e. The van der Waals surface area contributed by atoms with Gasteiger partial charge >= 0.3 is 0 Å². The lowest BCUT2D eigenvalue weighted by atomic mass is 9.84. The molecule has 0 aromatic heterocycles. The van der Waals surface area contributed by atoms with Crippen LogP contribution in [0.1, 0.15) is 59.7 Å². The molecule has 1 nitrogen and oxygen atoms in total. The summed E-state index contributed by atoms with van der Waals surface area (Å²) in [5.74, 6) is 0.334. The van der Waals surface area contributed by atoms with Crippen LogP contribution in [-0.4, -0.2) is 5.11 Å². The van der Waals surface area contributed by atoms with Crippen LogP contribution in [0.4, 0.5) is 0 Å². The van der Waals surface area contributed by atoms with Crippen LogP contribution in [0.5, 0.6) is 5.75 Å². The molecule has 0 saturated heterocycles. The molecule has 0 amide bonds. The molecule has 47 heavy (non-hydrogen) atoms. The summed E-state index contributed by atoms with van der Waals surface area (Å²) in [4.78, 5) is 0. The molecule has 0 fully saturated rings. The predicted octanol–water partition coefficient (Wildman–Crippen LogP) is 12.9. The fourth-order valence-electron chi connectivity index (χ4n) is 6.90. The van der Waals surface area contributed by atoms with Crippen LogP contribution in [0.3, 0.4) is 0 Å². The minimum atomic E-state index is 0.148. The van der Waals surface area contributed by atoms with Crippen LogP contribution in [0.15, 0.2) is 109 Å². The summed E-state index contributed by atoms with van der Waals surface area (Å²) in [6.45, 7) is 19.8. The number of hydrogen-bond acceptors (Lipinski definition) is 1. The van der Waals surface area contributed by atoms with Crippen molar-refractivity contribution in [2.24, 2.45) is 0 Å². The third kappa shape index (κ3) is 6.41. The largest absolute Gasteiger partial charge is 0.508 e. The van der Waals surface area contributed by atoms with Crippen molar-refractivity contribution in [3.05, 3.63) is 148 Å². The van der Waals surface area contributed by atoms with Gasteiger partial charge < -0.3 is 5.11 Å². The molecule has 236 valence electrons. The van der Waals surface area contributed by atoms with E-state index in [9.17, 15) is 5.11 Å². The zero-order valence-electron chi connectivity index (χ0n) is 29.3. The molecular formula is C46H46O. The Morgan fingerprint density at radius 1 is 0.340 bits per heavy atom. The molecule has 0 spiro atoms. The van der Waals surface area contributed by atoms with Crippen molar-refractivity contribution < 1.29 is 5.11 Å². The highest BCUT2D eigenvalue weighted by Gasteiger charge is 2.16. The lowest BCUT2D eigenvalue weighted by Crippen LogP contribution is -2.11. The van der Waals surface area contributed by atoms with Gasteiger partial charge in [-0.15, -0.1) is 0 Å². The van der Waals surface area contributed by atoms with Gasteiger partial charge in [0.15, 0.2) is 0 Å². The van der Waals surface area contributed by atoms with E-state index in [1.165, 1.54) is 83.5 Å². The van der Waals surface area contributed by atoms with Crippen LogP contribution < -0.4 is 0 Å². The first kappa shape index (κ1) is 32.1. The summed E-state index contributed by atoms with van der Waals surface area (Å²) in [6.07, 6.45) is 0. The summed E-state index contributed by atoms with van der Waals surface area (Å²) in [5.41, 5.74) is 21.2. The quantitative estimate of drug-likeness (QED) is 0.205. The Bertz CT molecular complexity index is 2140. The van der Waals surface area contributed by atoms with E-state index in [1.807, 2.05) is 13.0 Å². The number of rotatable bonds is 5. The standard InChI is InChI=1S/C46H46O/c1-28-23-35(42-18-13-37(25-30(42)3)44-20-15-39(27-32(44)5)46(7,8)9)11-16-40(28)34-10-17-41(29(2)22-34)36-12-19-43(31(4)24-36)38-14-21-45(47)33(6)26-38/h10-27,47H,1-9H3. The third-order valence-electron chi connectivity index (χ3n) is 9.75. The molecule has 1 N–H and O–H groups in total. The second kappa shape index (κ2) is 12.4. The fraction of sp³-hybridized carbons (Fsp3) is 0.217. The van der Waals surface area contributed by atoms with Gasteiger partial charge in [0.05, 0.1) is 0 Å². The summed E-state index contributed by atoms with van der Waals surface area (Å²) < 4.78 is 0. The average molecular weight is 615 g/mol. The molecule has 0 atom stereocenters. The molecule has 1 heteroatoms. The van der Waals surface area contributed by atoms with Gasteiger partial charge in [-0.3, -0.25) is 0 Å². The molecule has 0 bridgehead atoms. The molecule has 0 saturated carbocycles. The van der Waals surface area contributed by atoms with E-state index in [2.05, 4.69) is 152 Å². The molecule has 0 radical (unpaired) electrons. The number of phenols is 1. The SMILES string of the molecule is Cc1cc(-c2ccc(-c3ccc(-c4ccc(-c5ccc(-c6ccc(C(C)(C)C)cc6C)cc5C)cc4C)cc3C)cc2C)ccc1O. The van der Waals surface area contributed by atoms with Crippen molar-refractivity contribution >= 4 is 0 Å². The molecule has 0 aliphatic rings. The highest BCUT2D eigenvalue weighted by molar-refractivity contribution is 5.81. The van der Waals surface area contributed by atoms with Gasteiger partial charge in [0.2, 0.25) is 0 Å². The maximum Gasteiger partial charge on any atom is 0.118 e. The van der Waals surface area contributed by atoms with Crippen molar-refractivity contribution in [3.8, 4) is 61.4 Å². The fourth-order valence-corrected chi connectivity index (χ4v) is 6.90. The Labute approximate surface area is 281 Å². The Hall–Kier alpha value is -4.88. The van der Waals surface area contributed by atoms with E-state index >= 15 is 0 Å². The molecule has 6 aromatic rings. The van der Waals surface area contributed by atoms with Crippen molar-refractivity contribution in [1.82, 2.24) is 0 Å². The van der Waals surface area contributed by atoms with Crippen LogP contribution >= 0.6 is 0 Å². The van der Waals surface area contributed by atoms with Gasteiger partial charge in [-0.25, -0.2) is 0 Å². The first-order chi connectivity index (χ1) is 22.3. The van der Waals surface area contributed by atoms with Crippen LogP contribution in [0.2, 0.25) is 0 Å². The van der Waals surface area contributed by atoms with E-state index in [0.717, 1.165) is 11.1 Å². The summed E-state index contributed by atoms with van der Waals surface area (Å²) in [7, 11) is 0. The normalized spacial score (nSPS) is 11.6. The Morgan fingerprint density at radius 2 is 0.617 bits per heavy atom. The van der Waals surface area contributed by atoms with E-state index < -0.39 is 0 Å². The summed E-state index contributed by atoms with van der Waals surface area (Å²) >= 11 is 0. The third-order valence-corrected chi connectivity index (χ3v) is 9.75. The van der Waals surface area contributed by atoms with E-state index in [0.29, 0.717) is 5.75 Å². The first-order valence-electron chi connectivity index (χ1n) is 16.7. The topological polar surface area (TPSA) is 20.2 Å². The number of aromatic hydroxyl groups is 1. The van der Waals surface area contributed by atoms with Gasteiger partial charge in [0, 0.05) is 0 Å². The van der Waals surface area contributed by atoms with Crippen molar-refractivity contribution in [1.29, 1.82) is 0 Å². The maximum atomic E-state index is 9.96. The second-order valence-electron chi connectivity index (χ2n) is 14.4. The van der Waals surface area contributed by atoms with Crippen LogP contribution in [0.25, 0.3) is 55.6 Å². The second-order valence-corrected chi connectivity index (χ2v) is 14.4. The highest BCUT2D eigenvalue weighted by Crippen LogP contribution is 2.37. The van der Waals surface area contributed by atoms with Gasteiger partial charge in [-0.2, -0.15) is 0 Å². The Kier molecular flexibility index (Phi) is 8.45. The number of phenolic OH excluding ortho intramolecular Hbond substituents is 1. The number of benzene rings is 6. The first-order valence-corrected chi connectivity index (χ1v) is 16.7. The Balaban J connectivity index is 1.25. The molecule has 0 unspecified atom stereocenters. The van der Waals surface area contributed by atoms with Gasteiger partial charge in [0.1, 0.15) is 5.75 Å². The van der Waals surface area contributed by atoms with Gasteiger partial charge in [-0.05, 0) is 154 Å². The molecule has 6 rings (SSSR count). The smallest absolute Gasteiger partial charge is 0.118 e. The summed E-state index contributed by atoms with van der Waals surface area (Å²) in [5, 5.41) is 9.96. The number of aryl methyl sites for hydroxylation is 6. The van der Waals surface area contributed by atoms with Crippen molar-refractivity contribution in [2.45, 2.75) is 67.7 Å². The van der Waals surface area contributed by atoms with Crippen LogP contribution in [-0.2, 0) is 5.41 Å². The minimum absolute atomic E-state index is 0.148. The van der Waals surface area contributed by atoms with Crippen molar-refractivity contribution in [3.63, 3.8) is 0 Å². The summed E-state index contributed by atoms with van der Waals surface area (Å²) in [6, 6.07) is 40.0. The molecule has 6 aromatic carbocycles.